The topological polar surface area (TPSA) is 91.3 Å². The average molecular weight is 273 g/mol. The van der Waals surface area contributed by atoms with E-state index >= 15 is 0 Å². The van der Waals surface area contributed by atoms with E-state index in [4.69, 9.17) is 9.47 Å². The van der Waals surface area contributed by atoms with Gasteiger partial charge in [-0.1, -0.05) is 6.07 Å². The molecule has 0 aliphatic carbocycles. The van der Waals surface area contributed by atoms with Gasteiger partial charge in [-0.15, -0.1) is 10.2 Å². The predicted molar refractivity (Wildman–Crippen MR) is 67.9 cm³/mol. The van der Waals surface area contributed by atoms with E-state index in [9.17, 15) is 9.59 Å². The smallest absolute Gasteiger partial charge is 0.308 e. The zero-order chi connectivity index (χ0) is 14.5. The first-order valence-electron chi connectivity index (χ1n) is 5.72. The highest BCUT2D eigenvalue weighted by Crippen LogP contribution is 2.37. The highest BCUT2D eigenvalue weighted by molar-refractivity contribution is 5.80. The summed E-state index contributed by atoms with van der Waals surface area (Å²) in [6, 6.07) is 6.46. The summed E-state index contributed by atoms with van der Waals surface area (Å²) in [6.07, 6.45) is 1.46. The van der Waals surface area contributed by atoms with Crippen molar-refractivity contribution in [2.24, 2.45) is 0 Å². The first-order valence-corrected chi connectivity index (χ1v) is 5.72. The molecule has 2 aromatic rings. The van der Waals surface area contributed by atoms with Crippen LogP contribution in [0, 0.1) is 0 Å². The molecule has 7 heteroatoms. The summed E-state index contributed by atoms with van der Waals surface area (Å²) in [7, 11) is 0. The molecule has 1 aromatic heterocycles. The average Bonchev–Trinajstić information content (AvgIpc) is 2.40. The highest BCUT2D eigenvalue weighted by atomic mass is 16.6. The van der Waals surface area contributed by atoms with Crippen LogP contribution < -0.4 is 9.47 Å². The Hall–Kier alpha value is -2.83. The van der Waals surface area contributed by atoms with Crippen LogP contribution in [0.1, 0.15) is 13.8 Å². The Morgan fingerprint density at radius 2 is 1.80 bits per heavy atom. The van der Waals surface area contributed by atoms with Crippen LogP contribution in [0.2, 0.25) is 0 Å². The predicted octanol–water partition coefficient (Wildman–Crippen LogP) is 1.39. The van der Waals surface area contributed by atoms with Crippen molar-refractivity contribution >= 4 is 11.9 Å². The minimum absolute atomic E-state index is 0.121. The van der Waals surface area contributed by atoms with Crippen LogP contribution in [0.4, 0.5) is 0 Å². The fourth-order valence-electron chi connectivity index (χ4n) is 1.59. The molecule has 0 fully saturated rings. The van der Waals surface area contributed by atoms with Crippen molar-refractivity contribution in [3.05, 3.63) is 30.5 Å². The van der Waals surface area contributed by atoms with Crippen LogP contribution in [-0.4, -0.2) is 27.3 Å². The second-order valence-corrected chi connectivity index (χ2v) is 3.83. The van der Waals surface area contributed by atoms with E-state index in [0.717, 1.165) is 0 Å². The van der Waals surface area contributed by atoms with Crippen LogP contribution in [0.3, 0.4) is 0 Å². The maximum atomic E-state index is 11.2. The monoisotopic (exact) mass is 273 g/mol. The van der Waals surface area contributed by atoms with Crippen molar-refractivity contribution in [3.8, 4) is 22.8 Å². The maximum Gasteiger partial charge on any atom is 0.308 e. The quantitative estimate of drug-likeness (QED) is 0.616. The molecule has 0 spiro atoms. The Morgan fingerprint density at radius 3 is 2.40 bits per heavy atom. The van der Waals surface area contributed by atoms with Crippen LogP contribution in [0.5, 0.6) is 11.5 Å². The summed E-state index contributed by atoms with van der Waals surface area (Å²) in [5.41, 5.74) is 0.930. The number of para-hydroxylation sites is 1. The number of ether oxygens (including phenoxy) is 2. The lowest BCUT2D eigenvalue weighted by Crippen LogP contribution is -2.08. The third-order valence-corrected chi connectivity index (χ3v) is 2.26. The lowest BCUT2D eigenvalue weighted by molar-refractivity contribution is -0.134. The first-order chi connectivity index (χ1) is 9.58. The van der Waals surface area contributed by atoms with E-state index in [1.807, 2.05) is 0 Å². The Bertz CT molecular complexity index is 643. The zero-order valence-electron chi connectivity index (χ0n) is 10.9. The summed E-state index contributed by atoms with van der Waals surface area (Å²) < 4.78 is 10.2. The second-order valence-electron chi connectivity index (χ2n) is 3.83. The molecule has 0 saturated heterocycles. The number of esters is 2. The van der Waals surface area contributed by atoms with Crippen molar-refractivity contribution in [2.45, 2.75) is 13.8 Å². The number of benzene rings is 1. The molecule has 0 aliphatic rings. The molecule has 0 N–H and O–H groups in total. The molecule has 1 aromatic carbocycles. The number of hydrogen-bond acceptors (Lipinski definition) is 7. The van der Waals surface area contributed by atoms with E-state index in [1.54, 1.807) is 18.2 Å². The lowest BCUT2D eigenvalue weighted by Gasteiger charge is -2.12. The van der Waals surface area contributed by atoms with Crippen molar-refractivity contribution in [2.75, 3.05) is 0 Å². The molecular formula is C13H11N3O4. The molecule has 20 heavy (non-hydrogen) atoms. The number of nitrogens with zero attached hydrogens (tertiary/aromatic N) is 3. The minimum Gasteiger partial charge on any atom is -0.423 e. The molecule has 0 aliphatic heterocycles. The van der Waals surface area contributed by atoms with Gasteiger partial charge in [-0.2, -0.15) is 0 Å². The highest BCUT2D eigenvalue weighted by Gasteiger charge is 2.17. The third-order valence-electron chi connectivity index (χ3n) is 2.26. The minimum atomic E-state index is -0.534. The maximum absolute atomic E-state index is 11.2. The van der Waals surface area contributed by atoms with E-state index in [1.165, 1.54) is 26.1 Å². The van der Waals surface area contributed by atoms with Crippen LogP contribution in [-0.2, 0) is 9.59 Å². The van der Waals surface area contributed by atoms with Gasteiger partial charge < -0.3 is 9.47 Å². The number of aromatic nitrogens is 3. The molecular weight excluding hydrogens is 262 g/mol. The van der Waals surface area contributed by atoms with Gasteiger partial charge in [-0.25, -0.2) is 0 Å². The van der Waals surface area contributed by atoms with Gasteiger partial charge in [-0.3, -0.25) is 9.59 Å². The fourth-order valence-corrected chi connectivity index (χ4v) is 1.59. The van der Waals surface area contributed by atoms with E-state index < -0.39 is 11.9 Å². The molecule has 0 saturated carbocycles. The molecule has 0 atom stereocenters. The van der Waals surface area contributed by atoms with Gasteiger partial charge in [0.1, 0.15) is 5.69 Å². The summed E-state index contributed by atoms with van der Waals surface area (Å²) in [5.74, 6) is -0.788. The second kappa shape index (κ2) is 5.87. The van der Waals surface area contributed by atoms with Gasteiger partial charge in [0.05, 0.1) is 6.20 Å². The molecule has 1 heterocycles. The van der Waals surface area contributed by atoms with Crippen LogP contribution >= 0.6 is 0 Å². The van der Waals surface area contributed by atoms with Gasteiger partial charge in [0, 0.05) is 19.4 Å². The SMILES string of the molecule is CC(=O)Oc1cccc(-c2ccnnn2)c1OC(C)=O. The van der Waals surface area contributed by atoms with Crippen LogP contribution in [0.25, 0.3) is 11.3 Å². The normalized spacial score (nSPS) is 9.90. The summed E-state index contributed by atoms with van der Waals surface area (Å²) in [6.45, 7) is 2.52. The van der Waals surface area contributed by atoms with E-state index in [-0.39, 0.29) is 11.5 Å². The summed E-state index contributed by atoms with van der Waals surface area (Å²) >= 11 is 0. The number of hydrogen-bond donors (Lipinski definition) is 0. The number of carbonyl (C=O) groups excluding carboxylic acids is 2. The Balaban J connectivity index is 2.55. The molecule has 0 bridgehead atoms. The van der Waals surface area contributed by atoms with E-state index in [0.29, 0.717) is 11.3 Å². The van der Waals surface area contributed by atoms with Gasteiger partial charge in [0.2, 0.25) is 0 Å². The van der Waals surface area contributed by atoms with Crippen molar-refractivity contribution in [3.63, 3.8) is 0 Å². The van der Waals surface area contributed by atoms with Gasteiger partial charge in [-0.05, 0) is 23.4 Å². The lowest BCUT2D eigenvalue weighted by atomic mass is 10.1. The molecule has 102 valence electrons. The van der Waals surface area contributed by atoms with Crippen molar-refractivity contribution in [1.82, 2.24) is 15.4 Å². The number of rotatable bonds is 3. The Morgan fingerprint density at radius 1 is 1.05 bits per heavy atom. The standard InChI is InChI=1S/C13H11N3O4/c1-8(17)19-12-5-3-4-10(13(12)20-9(2)18)11-6-7-14-16-15-11/h3-7H,1-2H3. The van der Waals surface area contributed by atoms with Gasteiger partial charge in [0.25, 0.3) is 0 Å². The summed E-state index contributed by atoms with van der Waals surface area (Å²) in [4.78, 5) is 22.3. The molecule has 0 unspecified atom stereocenters. The molecule has 0 radical (unpaired) electrons. The van der Waals surface area contributed by atoms with Gasteiger partial charge in [0.15, 0.2) is 11.5 Å². The summed E-state index contributed by atoms with van der Waals surface area (Å²) in [5, 5.41) is 10.9. The Kier molecular flexibility index (Phi) is 3.99. The first kappa shape index (κ1) is 13.6. The van der Waals surface area contributed by atoms with Gasteiger partial charge >= 0.3 is 11.9 Å². The van der Waals surface area contributed by atoms with Crippen molar-refractivity contribution < 1.29 is 19.1 Å². The zero-order valence-corrected chi connectivity index (χ0v) is 10.9. The molecule has 7 nitrogen and oxygen atoms in total. The molecule has 2 rings (SSSR count). The number of carbonyl (C=O) groups is 2. The largest absolute Gasteiger partial charge is 0.423 e. The third kappa shape index (κ3) is 3.14. The van der Waals surface area contributed by atoms with E-state index in [2.05, 4.69) is 15.4 Å². The van der Waals surface area contributed by atoms with Crippen molar-refractivity contribution in [1.29, 1.82) is 0 Å². The molecule has 0 amide bonds. The van der Waals surface area contributed by atoms with Crippen LogP contribution in [0.15, 0.2) is 30.5 Å². The fraction of sp³-hybridized carbons (Fsp3) is 0.154. The Labute approximate surface area is 114 Å².